The first-order valence-corrected chi connectivity index (χ1v) is 9.44. The Morgan fingerprint density at radius 1 is 0.929 bits per heavy atom. The van der Waals surface area contributed by atoms with Crippen molar-refractivity contribution >= 4 is 17.6 Å². The van der Waals surface area contributed by atoms with Crippen molar-refractivity contribution in [1.29, 1.82) is 0 Å². The average molecular weight is 383 g/mol. The molecule has 1 N–H and O–H groups in total. The van der Waals surface area contributed by atoms with E-state index < -0.39 is 5.97 Å². The van der Waals surface area contributed by atoms with E-state index in [2.05, 4.69) is 19.2 Å². The van der Waals surface area contributed by atoms with Crippen molar-refractivity contribution in [1.82, 2.24) is 0 Å². The number of hydrogen-bond acceptors (Lipinski definition) is 4. The van der Waals surface area contributed by atoms with Crippen molar-refractivity contribution in [3.05, 3.63) is 58.1 Å². The van der Waals surface area contributed by atoms with Crippen molar-refractivity contribution in [2.75, 3.05) is 18.5 Å². The number of benzene rings is 2. The van der Waals surface area contributed by atoms with E-state index in [1.54, 1.807) is 0 Å². The van der Waals surface area contributed by atoms with Gasteiger partial charge in [0, 0.05) is 5.69 Å². The molecule has 0 spiro atoms. The van der Waals surface area contributed by atoms with Gasteiger partial charge in [0.1, 0.15) is 5.75 Å². The fraction of sp³-hybridized carbons (Fsp3) is 0.391. The fourth-order valence-electron chi connectivity index (χ4n) is 3.12. The van der Waals surface area contributed by atoms with Gasteiger partial charge in [-0.3, -0.25) is 4.79 Å². The predicted octanol–water partition coefficient (Wildman–Crippen LogP) is 4.60. The minimum Gasteiger partial charge on any atom is -0.482 e. The Morgan fingerprint density at radius 3 is 2.18 bits per heavy atom. The molecule has 1 amide bonds. The van der Waals surface area contributed by atoms with Gasteiger partial charge in [0.25, 0.3) is 5.91 Å². The van der Waals surface area contributed by atoms with Crippen LogP contribution in [0.2, 0.25) is 0 Å². The Morgan fingerprint density at radius 2 is 1.57 bits per heavy atom. The molecule has 0 bridgehead atoms. The van der Waals surface area contributed by atoms with Gasteiger partial charge in [-0.1, -0.05) is 43.7 Å². The van der Waals surface area contributed by atoms with Gasteiger partial charge in [0.2, 0.25) is 0 Å². The first-order valence-electron chi connectivity index (χ1n) is 9.44. The van der Waals surface area contributed by atoms with Crippen molar-refractivity contribution in [2.45, 2.75) is 47.5 Å². The van der Waals surface area contributed by atoms with Crippen LogP contribution >= 0.6 is 0 Å². The topological polar surface area (TPSA) is 64.6 Å². The number of amides is 1. The lowest BCUT2D eigenvalue weighted by atomic mass is 10.0. The van der Waals surface area contributed by atoms with Gasteiger partial charge < -0.3 is 14.8 Å². The van der Waals surface area contributed by atoms with Gasteiger partial charge in [-0.25, -0.2) is 4.79 Å². The summed E-state index contributed by atoms with van der Waals surface area (Å²) >= 11 is 0. The van der Waals surface area contributed by atoms with Crippen LogP contribution in [0, 0.1) is 27.7 Å². The van der Waals surface area contributed by atoms with E-state index in [0.29, 0.717) is 5.75 Å². The third kappa shape index (κ3) is 5.84. The molecule has 0 fully saturated rings. The normalized spacial score (nSPS) is 10.7. The second kappa shape index (κ2) is 9.40. The molecular weight excluding hydrogens is 354 g/mol. The summed E-state index contributed by atoms with van der Waals surface area (Å²) in [6.07, 6.45) is 0. The van der Waals surface area contributed by atoms with Crippen LogP contribution in [-0.2, 0) is 14.3 Å². The number of hydrogen-bond donors (Lipinski definition) is 1. The molecule has 0 heterocycles. The molecule has 2 rings (SSSR count). The lowest BCUT2D eigenvalue weighted by Crippen LogP contribution is -2.24. The Kier molecular flexibility index (Phi) is 7.21. The molecule has 0 saturated heterocycles. The summed E-state index contributed by atoms with van der Waals surface area (Å²) in [4.78, 5) is 24.1. The Hall–Kier alpha value is -2.82. The predicted molar refractivity (Wildman–Crippen MR) is 111 cm³/mol. The van der Waals surface area contributed by atoms with Crippen molar-refractivity contribution in [2.24, 2.45) is 0 Å². The molecule has 5 nitrogen and oxygen atoms in total. The smallest absolute Gasteiger partial charge is 0.344 e. The van der Waals surface area contributed by atoms with E-state index in [-0.39, 0.29) is 25.0 Å². The highest BCUT2D eigenvalue weighted by Crippen LogP contribution is 2.27. The number of anilines is 1. The van der Waals surface area contributed by atoms with Gasteiger partial charge in [0.15, 0.2) is 13.2 Å². The van der Waals surface area contributed by atoms with Crippen LogP contribution < -0.4 is 10.1 Å². The Labute approximate surface area is 167 Å². The SMILES string of the molecule is Cc1cc(C)c(NC(=O)COC(=O)COc2cc(C)ccc2C(C)C)c(C)c1. The molecule has 0 atom stereocenters. The summed E-state index contributed by atoms with van der Waals surface area (Å²) in [5.41, 5.74) is 5.91. The minimum atomic E-state index is -0.580. The van der Waals surface area contributed by atoms with E-state index in [1.165, 1.54) is 0 Å². The van der Waals surface area contributed by atoms with Crippen LogP contribution in [0.3, 0.4) is 0 Å². The molecule has 2 aromatic rings. The highest BCUT2D eigenvalue weighted by molar-refractivity contribution is 5.94. The number of carbonyl (C=O) groups is 2. The van der Waals surface area contributed by atoms with Gasteiger partial charge in [-0.05, 0) is 61.9 Å². The Balaban J connectivity index is 1.88. The van der Waals surface area contributed by atoms with Gasteiger partial charge >= 0.3 is 5.97 Å². The second-order valence-corrected chi connectivity index (χ2v) is 7.47. The lowest BCUT2D eigenvalue weighted by Gasteiger charge is -2.15. The van der Waals surface area contributed by atoms with Gasteiger partial charge in [0.05, 0.1) is 0 Å². The molecule has 0 saturated carbocycles. The van der Waals surface area contributed by atoms with E-state index in [0.717, 1.165) is 33.5 Å². The molecule has 2 aromatic carbocycles. The summed E-state index contributed by atoms with van der Waals surface area (Å²) in [6, 6.07) is 9.91. The van der Waals surface area contributed by atoms with Crippen molar-refractivity contribution in [3.63, 3.8) is 0 Å². The van der Waals surface area contributed by atoms with Gasteiger partial charge in [-0.15, -0.1) is 0 Å². The highest BCUT2D eigenvalue weighted by atomic mass is 16.6. The molecular formula is C23H29NO4. The van der Waals surface area contributed by atoms with Crippen molar-refractivity contribution < 1.29 is 19.1 Å². The fourth-order valence-corrected chi connectivity index (χ4v) is 3.12. The zero-order chi connectivity index (χ0) is 20.8. The summed E-state index contributed by atoms with van der Waals surface area (Å²) in [6.45, 7) is 11.4. The van der Waals surface area contributed by atoms with Crippen LogP contribution in [0.15, 0.2) is 30.3 Å². The first-order chi connectivity index (χ1) is 13.2. The molecule has 0 unspecified atom stereocenters. The highest BCUT2D eigenvalue weighted by Gasteiger charge is 2.13. The van der Waals surface area contributed by atoms with Crippen molar-refractivity contribution in [3.8, 4) is 5.75 Å². The molecule has 0 aliphatic rings. The largest absolute Gasteiger partial charge is 0.482 e. The summed E-state index contributed by atoms with van der Waals surface area (Å²) in [5.74, 6) is -0.00812. The molecule has 0 aliphatic heterocycles. The van der Waals surface area contributed by atoms with E-state index in [9.17, 15) is 9.59 Å². The third-order valence-corrected chi connectivity index (χ3v) is 4.44. The van der Waals surface area contributed by atoms with Crippen LogP contribution in [0.5, 0.6) is 5.75 Å². The quantitative estimate of drug-likeness (QED) is 0.710. The standard InChI is InChI=1S/C23H29NO4/c1-14(2)19-8-7-15(3)11-20(19)27-13-22(26)28-12-21(25)24-23-17(5)9-16(4)10-18(23)6/h7-11,14H,12-13H2,1-6H3,(H,24,25). The molecule has 150 valence electrons. The number of aryl methyl sites for hydroxylation is 4. The van der Waals surface area contributed by atoms with E-state index in [1.807, 2.05) is 58.0 Å². The maximum absolute atomic E-state index is 12.1. The molecule has 0 aliphatic carbocycles. The maximum Gasteiger partial charge on any atom is 0.344 e. The van der Waals surface area contributed by atoms with Crippen LogP contribution in [-0.4, -0.2) is 25.1 Å². The summed E-state index contributed by atoms with van der Waals surface area (Å²) < 4.78 is 10.7. The average Bonchev–Trinajstić information content (AvgIpc) is 2.61. The minimum absolute atomic E-state index is 0.237. The lowest BCUT2D eigenvalue weighted by molar-refractivity contribution is -0.149. The summed E-state index contributed by atoms with van der Waals surface area (Å²) in [7, 11) is 0. The molecule has 5 heteroatoms. The van der Waals surface area contributed by atoms with Gasteiger partial charge in [-0.2, -0.15) is 0 Å². The monoisotopic (exact) mass is 383 g/mol. The second-order valence-electron chi connectivity index (χ2n) is 7.47. The van der Waals surface area contributed by atoms with Crippen LogP contribution in [0.25, 0.3) is 0 Å². The Bertz CT molecular complexity index is 848. The number of nitrogens with one attached hydrogen (secondary N) is 1. The zero-order valence-corrected chi connectivity index (χ0v) is 17.5. The third-order valence-electron chi connectivity index (χ3n) is 4.44. The molecule has 0 aromatic heterocycles. The summed E-state index contributed by atoms with van der Waals surface area (Å²) in [5, 5.41) is 2.81. The number of rotatable bonds is 7. The van der Waals surface area contributed by atoms with Crippen LogP contribution in [0.4, 0.5) is 5.69 Å². The number of esters is 1. The zero-order valence-electron chi connectivity index (χ0n) is 17.5. The molecule has 28 heavy (non-hydrogen) atoms. The molecule has 0 radical (unpaired) electrons. The first kappa shape index (κ1) is 21.5. The van der Waals surface area contributed by atoms with Crippen LogP contribution in [0.1, 0.15) is 47.6 Å². The van der Waals surface area contributed by atoms with E-state index in [4.69, 9.17) is 9.47 Å². The van der Waals surface area contributed by atoms with E-state index >= 15 is 0 Å². The number of ether oxygens (including phenoxy) is 2. The maximum atomic E-state index is 12.1. The number of carbonyl (C=O) groups excluding carboxylic acids is 2.